The second kappa shape index (κ2) is 50.7. The van der Waals surface area contributed by atoms with E-state index in [0.29, 0.717) is 5.52 Å². The van der Waals surface area contributed by atoms with E-state index in [4.69, 9.17) is 20.6 Å². The molecule has 4 aromatic rings. The third kappa shape index (κ3) is 30.6. The van der Waals surface area contributed by atoms with Gasteiger partial charge in [0.15, 0.2) is 36.3 Å². The van der Waals surface area contributed by atoms with Crippen LogP contribution < -0.4 is 95.1 Å². The van der Waals surface area contributed by atoms with E-state index in [0.717, 1.165) is 25.1 Å². The van der Waals surface area contributed by atoms with Crippen LogP contribution in [-0.2, 0) is 87.9 Å². The number of rotatable bonds is 43. The number of ether oxygens (including phenoxy) is 2. The number of carbonyl (C=O) groups excluding carboxylic acids is 16. The second-order valence-corrected chi connectivity index (χ2v) is 30.7. The van der Waals surface area contributed by atoms with Crippen LogP contribution in [0, 0.1) is 21.6 Å². The Morgan fingerprint density at radius 2 is 1.24 bits per heavy atom. The number of nitrogens with two attached hydrogens (primary N) is 1. The van der Waals surface area contributed by atoms with Crippen LogP contribution in [0.2, 0.25) is 0 Å². The van der Waals surface area contributed by atoms with Gasteiger partial charge in [0, 0.05) is 121 Å². The number of nitrogens with zero attached hydrogens (tertiary/aromatic N) is 6. The molecule has 51 nitrogen and oxygen atoms in total. The van der Waals surface area contributed by atoms with E-state index in [1.54, 1.807) is 11.8 Å². The minimum Gasteiger partial charge on any atom is -0.756 e. The van der Waals surface area contributed by atoms with Crippen molar-refractivity contribution in [3.63, 3.8) is 0 Å². The molecule has 0 saturated carbocycles. The van der Waals surface area contributed by atoms with Gasteiger partial charge in [-0.1, -0.05) is 0 Å². The molecular formula is C79H110FN22O29-. The van der Waals surface area contributed by atoms with Crippen molar-refractivity contribution in [2.24, 2.45) is 5.73 Å². The molecule has 3 aliphatic rings. The number of benzene rings is 2. The molecule has 52 heteroatoms. The molecule has 131 heavy (non-hydrogen) atoms. The van der Waals surface area contributed by atoms with Crippen molar-refractivity contribution in [3.8, 4) is 11.5 Å². The topological polar surface area (TPSA) is 754 Å². The molecule has 0 spiro atoms. The summed E-state index contributed by atoms with van der Waals surface area (Å²) in [5, 5.41) is 140. The van der Waals surface area contributed by atoms with Gasteiger partial charge in [0.25, 0.3) is 11.7 Å². The van der Waals surface area contributed by atoms with Crippen LogP contribution in [0.3, 0.4) is 0 Å². The number of amides is 15. The number of hydrogen-bond acceptors (Lipinski definition) is 31. The van der Waals surface area contributed by atoms with Crippen molar-refractivity contribution < 1.29 is 136 Å². The van der Waals surface area contributed by atoms with E-state index >= 15 is 4.39 Å². The summed E-state index contributed by atoms with van der Waals surface area (Å²) in [6.07, 6.45) is -7.07. The van der Waals surface area contributed by atoms with Gasteiger partial charge in [0.05, 0.1) is 49.6 Å². The summed E-state index contributed by atoms with van der Waals surface area (Å²) in [5.41, 5.74) is 4.61. The highest BCUT2D eigenvalue weighted by molar-refractivity contribution is 6.01. The first kappa shape index (κ1) is 104. The number of pyridine rings is 2. The number of aliphatic hydroxyl groups excluding tert-OH is 4. The lowest BCUT2D eigenvalue weighted by Crippen LogP contribution is -2.62. The molecule has 11 atom stereocenters. The highest BCUT2D eigenvalue weighted by Crippen LogP contribution is 2.36. The lowest BCUT2D eigenvalue weighted by Gasteiger charge is -2.35. The van der Waals surface area contributed by atoms with Gasteiger partial charge in [0.2, 0.25) is 77.2 Å². The molecule has 2 aromatic heterocycles. The van der Waals surface area contributed by atoms with Crippen LogP contribution in [0.15, 0.2) is 41.3 Å². The summed E-state index contributed by atoms with van der Waals surface area (Å²) in [6, 6.07) is -9.73. The highest BCUT2D eigenvalue weighted by Gasteiger charge is 2.41. The van der Waals surface area contributed by atoms with Gasteiger partial charge in [-0.05, 0) is 103 Å². The van der Waals surface area contributed by atoms with E-state index in [1.807, 2.05) is 0 Å². The molecule has 0 unspecified atom stereocenters. The number of phenolic OH excluding ortho intramolecular Hbond substituents is 2. The Morgan fingerprint density at radius 3 is 1.86 bits per heavy atom. The van der Waals surface area contributed by atoms with Crippen molar-refractivity contribution in [2.45, 2.75) is 184 Å². The number of aliphatic hydroxyl groups is 4. The molecule has 24 N–H and O–H groups in total. The third-order valence-corrected chi connectivity index (χ3v) is 21.2. The first-order chi connectivity index (χ1) is 62.3. The van der Waals surface area contributed by atoms with Crippen LogP contribution >= 0.6 is 0 Å². The van der Waals surface area contributed by atoms with Gasteiger partial charge < -0.3 is 155 Å². The molecule has 0 bridgehead atoms. The number of hydrogen-bond donors (Lipinski definition) is 23. The smallest absolute Gasteiger partial charge is 0.412 e. The van der Waals surface area contributed by atoms with Crippen molar-refractivity contribution in [1.82, 2.24) is 83.4 Å². The highest BCUT2D eigenvalue weighted by atomic mass is 19.1. The van der Waals surface area contributed by atoms with E-state index in [-0.39, 0.29) is 180 Å². The predicted molar refractivity (Wildman–Crippen MR) is 454 cm³/mol. The summed E-state index contributed by atoms with van der Waals surface area (Å²) >= 11 is 0. The number of aromatic nitrogens is 2. The van der Waals surface area contributed by atoms with Gasteiger partial charge in [-0.25, -0.2) is 18.5 Å². The van der Waals surface area contributed by atoms with Crippen LogP contribution in [0.1, 0.15) is 127 Å². The number of anilines is 3. The molecular weight excluding hydrogens is 1740 g/mol. The summed E-state index contributed by atoms with van der Waals surface area (Å²) in [6.45, 7) is -0.150. The van der Waals surface area contributed by atoms with E-state index < -0.39 is 255 Å². The monoisotopic (exact) mass is 1850 g/mol. The van der Waals surface area contributed by atoms with E-state index in [9.17, 15) is 132 Å². The number of piperazine rings is 1. The molecule has 0 radical (unpaired) electrons. The first-order valence-electron chi connectivity index (χ1n) is 41.9. The summed E-state index contributed by atoms with van der Waals surface area (Å²) in [5.74, 6) is -17.2. The molecule has 2 fully saturated rings. The summed E-state index contributed by atoms with van der Waals surface area (Å²) in [4.78, 5) is 242. The van der Waals surface area contributed by atoms with Crippen molar-refractivity contribution in [1.29, 1.82) is 5.41 Å². The number of aromatic carboxylic acids is 1. The number of esters is 1. The molecule has 0 aliphatic carbocycles. The van der Waals surface area contributed by atoms with Crippen LogP contribution in [0.5, 0.6) is 11.5 Å². The SMILES string of the molecule is CCn1cc(C(=O)O)c(=O)c2cc(F)c(N3CCN(C(=O)OCOC(=O)CCC(=O)NCCNC(=O)CCC(=O)Nc4cc5cc(O)c(O)cc5[n+]5c4NCC[C@H]5C(=O)N[C@H](CO)C(=O)N[C@@H](CCCNC(=N)N)C(=O)N[C@H](CO)C(=O)N[C@@H](CCCN([O-])C=O)C(=O)N[C@H]4CCCCNC(=O)[C@H]([C@@H](C)O)NC(=O)[C@H]([C@@H](C)O)NC(=O)[C@H](CCCN([O-])C=O)NC4=O)CC3)cc21. The molecule has 7 rings (SSSR count). The minimum absolute atomic E-state index is 0.0167. The number of aromatic hydroxyl groups is 2. The van der Waals surface area contributed by atoms with Gasteiger partial charge in [0.1, 0.15) is 70.9 Å². The number of phenols is 2. The maximum atomic E-state index is 15.4. The zero-order valence-corrected chi connectivity index (χ0v) is 71.7. The van der Waals surface area contributed by atoms with Crippen molar-refractivity contribution >= 4 is 147 Å². The van der Waals surface area contributed by atoms with Gasteiger partial charge in [-0.2, -0.15) is 0 Å². The number of carboxylic acid groups (broad SMARTS) is 1. The fraction of sp³-hybridized carbons (Fsp3) is 0.544. The largest absolute Gasteiger partial charge is 0.756 e. The maximum absolute atomic E-state index is 15.4. The zero-order chi connectivity index (χ0) is 96.5. The number of hydroxylamine groups is 4. The number of halogens is 1. The normalized spacial score (nSPS) is 18.0. The quantitative estimate of drug-likeness (QED) is 0.00225. The Labute approximate surface area is 745 Å². The van der Waals surface area contributed by atoms with Crippen molar-refractivity contribution in [2.75, 3.05) is 108 Å². The average molecular weight is 1850 g/mol. The Hall–Kier alpha value is -14.0. The van der Waals surface area contributed by atoms with Gasteiger partial charge in [-0.15, -0.1) is 0 Å². The number of guanidine groups is 1. The number of nitrogens with one attached hydrogen (secondary N) is 15. The van der Waals surface area contributed by atoms with Gasteiger partial charge in [-0.3, -0.25) is 87.4 Å². The fourth-order valence-corrected chi connectivity index (χ4v) is 14.1. The standard InChI is InChI=1S/C79H109FN22O29/c1-4-97-35-45(77(125)126)66(115)44-32-46(80)57(33-56(44)97)98-26-28-99(29-27-98)79(127)131-40-130-63(114)17-16-61(112)84-23-22-83-60(111)14-15-62(113)88-51-30-43-31-58(109)59(110)34-55(43)102-54(18-21-85-67(51)102)74(122)94-53(37-104)73(121)91-48(11-7-20-87-78(81)82)70(118)93-52(36-103)72(120)92-49(12-8-24-100(128)38-105)69(117)89-47-10-5-6-19-86-75(123)64(41(2)107)96-76(124)65(42(3)108)95-71(119)50(90-68(47)116)13-9-25-101(129)39-106/h30-35,38-39,41-42,47-50,52-54,64-65,103-104,107-108H,4-29,36-37,40H2,1-3H3,(H19,81,82,83,84,85,86,87,88,89,90,91,92,93,94,95,96,109,110,111,112,113,116,117,118,119,120,121,122,123,124,125,126)/q-2/p+1/t41-,42-,47+,48+,49+,50+,52-,53-,54+,64+,65+/m1/s1. The van der Waals surface area contributed by atoms with E-state index in [1.165, 1.54) is 39.3 Å². The number of fused-ring (bicyclic) bond motifs is 4. The second-order valence-electron chi connectivity index (χ2n) is 30.7. The molecule has 718 valence electrons. The summed E-state index contributed by atoms with van der Waals surface area (Å²) in [7, 11) is 0. The minimum atomic E-state index is -2.03. The van der Waals surface area contributed by atoms with Crippen LogP contribution in [0.25, 0.3) is 21.8 Å². The van der Waals surface area contributed by atoms with Gasteiger partial charge >= 0.3 is 18.0 Å². The number of carboxylic acids is 1. The first-order valence-corrected chi connectivity index (χ1v) is 41.9. The van der Waals surface area contributed by atoms with Crippen LogP contribution in [0.4, 0.5) is 26.4 Å². The summed E-state index contributed by atoms with van der Waals surface area (Å²) < 4.78 is 28.3. The average Bonchev–Trinajstić information content (AvgIpc) is 0.743. The molecule has 3 aliphatic heterocycles. The fourth-order valence-electron chi connectivity index (χ4n) is 14.1. The number of aryl methyl sites for hydroxylation is 1. The Morgan fingerprint density at radius 1 is 0.664 bits per heavy atom. The third-order valence-electron chi connectivity index (χ3n) is 21.2. The van der Waals surface area contributed by atoms with Crippen LogP contribution in [-0.4, -0.2) is 316 Å². The Bertz CT molecular complexity index is 4900. The van der Waals surface area contributed by atoms with E-state index in [2.05, 4.69) is 74.4 Å². The predicted octanol–water partition coefficient (Wildman–Crippen LogP) is -7.08. The maximum Gasteiger partial charge on any atom is 0.412 e. The molecule has 2 aromatic carbocycles. The van der Waals surface area contributed by atoms with Crippen molar-refractivity contribution in [3.05, 3.63) is 68.5 Å². The molecule has 2 saturated heterocycles. The zero-order valence-electron chi connectivity index (χ0n) is 71.7. The molecule has 15 amide bonds. The lowest BCUT2D eigenvalue weighted by atomic mass is 10.0. The Kier molecular flexibility index (Phi) is 40.3. The lowest BCUT2D eigenvalue weighted by molar-refractivity contribution is -0.674. The molecule has 5 heterocycles. The number of carbonyl (C=O) groups is 17. The Balaban J connectivity index is 0.941.